The van der Waals surface area contributed by atoms with Crippen LogP contribution in [0.5, 0.6) is 0 Å². The summed E-state index contributed by atoms with van der Waals surface area (Å²) in [5.41, 5.74) is 8.29. The highest BCUT2D eigenvalue weighted by Gasteiger charge is 2.20. The standard InChI is InChI=1S/C14H21NS/c1-10-5-3-7-12(9-10)16-13-8-4-6-11(2)14(13)15/h4,6,8,10,12H,3,5,7,9,15H2,1-2H3. The first-order chi connectivity index (χ1) is 7.66. The lowest BCUT2D eigenvalue weighted by Gasteiger charge is -2.26. The van der Waals surface area contributed by atoms with E-state index in [0.29, 0.717) is 0 Å². The lowest BCUT2D eigenvalue weighted by atomic mass is 9.91. The van der Waals surface area contributed by atoms with Gasteiger partial charge in [-0.05, 0) is 37.3 Å². The summed E-state index contributed by atoms with van der Waals surface area (Å²) in [6, 6.07) is 6.36. The Labute approximate surface area is 103 Å². The fourth-order valence-electron chi connectivity index (χ4n) is 2.42. The van der Waals surface area contributed by atoms with E-state index in [4.69, 9.17) is 5.73 Å². The molecule has 2 rings (SSSR count). The van der Waals surface area contributed by atoms with Gasteiger partial charge in [-0.3, -0.25) is 0 Å². The van der Waals surface area contributed by atoms with Crippen LogP contribution in [0.2, 0.25) is 0 Å². The van der Waals surface area contributed by atoms with Crippen LogP contribution in [0, 0.1) is 12.8 Å². The molecule has 16 heavy (non-hydrogen) atoms. The van der Waals surface area contributed by atoms with Gasteiger partial charge in [0.2, 0.25) is 0 Å². The molecule has 2 N–H and O–H groups in total. The highest BCUT2D eigenvalue weighted by molar-refractivity contribution is 8.00. The van der Waals surface area contributed by atoms with E-state index >= 15 is 0 Å². The molecule has 2 atom stereocenters. The van der Waals surface area contributed by atoms with Gasteiger partial charge < -0.3 is 5.73 Å². The lowest BCUT2D eigenvalue weighted by molar-refractivity contribution is 0.394. The van der Waals surface area contributed by atoms with E-state index in [9.17, 15) is 0 Å². The number of hydrogen-bond acceptors (Lipinski definition) is 2. The SMILES string of the molecule is Cc1cccc(SC2CCCC(C)C2)c1N. The molecule has 2 heteroatoms. The first-order valence-electron chi connectivity index (χ1n) is 6.18. The second kappa shape index (κ2) is 5.13. The molecule has 1 fully saturated rings. The first-order valence-corrected chi connectivity index (χ1v) is 7.06. The third kappa shape index (κ3) is 2.73. The number of nitrogen functional groups attached to an aromatic ring is 1. The number of rotatable bonds is 2. The van der Waals surface area contributed by atoms with Crippen molar-refractivity contribution in [2.75, 3.05) is 5.73 Å². The van der Waals surface area contributed by atoms with Crippen molar-refractivity contribution in [3.8, 4) is 0 Å². The molecule has 1 nitrogen and oxygen atoms in total. The molecule has 1 aliphatic rings. The minimum absolute atomic E-state index is 0.771. The number of hydrogen-bond donors (Lipinski definition) is 1. The molecule has 0 aromatic heterocycles. The largest absolute Gasteiger partial charge is 0.398 e. The summed E-state index contributed by atoms with van der Waals surface area (Å²) in [7, 11) is 0. The topological polar surface area (TPSA) is 26.0 Å². The van der Waals surface area contributed by atoms with Gasteiger partial charge in [0, 0.05) is 15.8 Å². The summed E-state index contributed by atoms with van der Waals surface area (Å²) >= 11 is 1.98. The van der Waals surface area contributed by atoms with E-state index < -0.39 is 0 Å². The molecule has 0 heterocycles. The Bertz CT molecular complexity index is 362. The van der Waals surface area contributed by atoms with Crippen LogP contribution in [-0.2, 0) is 0 Å². The summed E-state index contributed by atoms with van der Waals surface area (Å²) in [5.74, 6) is 0.886. The second-order valence-electron chi connectivity index (χ2n) is 5.00. The van der Waals surface area contributed by atoms with E-state index in [1.165, 1.54) is 36.1 Å². The molecular formula is C14H21NS. The maximum atomic E-state index is 6.11. The van der Waals surface area contributed by atoms with Crippen LogP contribution in [0.1, 0.15) is 38.2 Å². The summed E-state index contributed by atoms with van der Waals surface area (Å²) in [5, 5.41) is 0.771. The minimum atomic E-state index is 0.771. The van der Waals surface area contributed by atoms with E-state index in [1.807, 2.05) is 11.8 Å². The maximum Gasteiger partial charge on any atom is 0.0482 e. The monoisotopic (exact) mass is 235 g/mol. The van der Waals surface area contributed by atoms with Gasteiger partial charge in [-0.25, -0.2) is 0 Å². The van der Waals surface area contributed by atoms with Gasteiger partial charge in [-0.2, -0.15) is 0 Å². The van der Waals surface area contributed by atoms with Crippen LogP contribution in [0.4, 0.5) is 5.69 Å². The third-order valence-electron chi connectivity index (χ3n) is 3.47. The van der Waals surface area contributed by atoms with Crippen LogP contribution < -0.4 is 5.73 Å². The molecule has 0 bridgehead atoms. The molecule has 0 saturated heterocycles. The van der Waals surface area contributed by atoms with Gasteiger partial charge in [-0.15, -0.1) is 11.8 Å². The van der Waals surface area contributed by atoms with Crippen LogP contribution in [0.15, 0.2) is 23.1 Å². The molecule has 1 aromatic rings. The highest BCUT2D eigenvalue weighted by atomic mass is 32.2. The zero-order valence-electron chi connectivity index (χ0n) is 10.2. The maximum absolute atomic E-state index is 6.11. The smallest absolute Gasteiger partial charge is 0.0482 e. The number of para-hydroxylation sites is 1. The predicted molar refractivity (Wildman–Crippen MR) is 72.9 cm³/mol. The normalized spacial score (nSPS) is 25.6. The average Bonchev–Trinajstić information content (AvgIpc) is 2.25. The molecule has 0 spiro atoms. The van der Waals surface area contributed by atoms with E-state index in [2.05, 4.69) is 32.0 Å². The van der Waals surface area contributed by atoms with Crippen LogP contribution in [0.25, 0.3) is 0 Å². The molecule has 0 radical (unpaired) electrons. The molecule has 1 aliphatic carbocycles. The summed E-state index contributed by atoms with van der Waals surface area (Å²) in [6.45, 7) is 4.45. The van der Waals surface area contributed by atoms with Crippen molar-refractivity contribution in [2.45, 2.75) is 49.7 Å². The van der Waals surface area contributed by atoms with Crippen molar-refractivity contribution in [3.63, 3.8) is 0 Å². The van der Waals surface area contributed by atoms with Crippen molar-refractivity contribution in [3.05, 3.63) is 23.8 Å². The van der Waals surface area contributed by atoms with Crippen LogP contribution in [0.3, 0.4) is 0 Å². The molecule has 1 aromatic carbocycles. The molecule has 0 aliphatic heterocycles. The average molecular weight is 235 g/mol. The Morgan fingerprint density at radius 1 is 1.31 bits per heavy atom. The third-order valence-corrected chi connectivity index (χ3v) is 4.84. The van der Waals surface area contributed by atoms with Crippen LogP contribution in [-0.4, -0.2) is 5.25 Å². The Kier molecular flexibility index (Phi) is 3.80. The van der Waals surface area contributed by atoms with Crippen molar-refractivity contribution in [1.29, 1.82) is 0 Å². The molecular weight excluding hydrogens is 214 g/mol. The second-order valence-corrected chi connectivity index (χ2v) is 6.34. The number of thioether (sulfide) groups is 1. The Hall–Kier alpha value is -0.630. The molecule has 0 amide bonds. The van der Waals surface area contributed by atoms with Crippen molar-refractivity contribution in [1.82, 2.24) is 0 Å². The Morgan fingerprint density at radius 3 is 2.88 bits per heavy atom. The van der Waals surface area contributed by atoms with Gasteiger partial charge in [0.05, 0.1) is 0 Å². The summed E-state index contributed by atoms with van der Waals surface area (Å²) < 4.78 is 0. The van der Waals surface area contributed by atoms with E-state index in [0.717, 1.165) is 16.9 Å². The minimum Gasteiger partial charge on any atom is -0.398 e. The lowest BCUT2D eigenvalue weighted by Crippen LogP contribution is -2.15. The van der Waals surface area contributed by atoms with E-state index in [-0.39, 0.29) is 0 Å². The zero-order valence-corrected chi connectivity index (χ0v) is 11.0. The van der Waals surface area contributed by atoms with Crippen molar-refractivity contribution in [2.24, 2.45) is 5.92 Å². The number of anilines is 1. The fourth-order valence-corrected chi connectivity index (χ4v) is 3.94. The molecule has 88 valence electrons. The van der Waals surface area contributed by atoms with Crippen molar-refractivity contribution < 1.29 is 0 Å². The Morgan fingerprint density at radius 2 is 2.12 bits per heavy atom. The van der Waals surface area contributed by atoms with Gasteiger partial charge in [0.15, 0.2) is 0 Å². The van der Waals surface area contributed by atoms with Crippen LogP contribution >= 0.6 is 11.8 Å². The van der Waals surface area contributed by atoms with E-state index in [1.54, 1.807) is 0 Å². The first kappa shape index (κ1) is 11.8. The zero-order chi connectivity index (χ0) is 11.5. The molecule has 1 saturated carbocycles. The number of benzene rings is 1. The quantitative estimate of drug-likeness (QED) is 0.776. The highest BCUT2D eigenvalue weighted by Crippen LogP contribution is 2.38. The van der Waals surface area contributed by atoms with Crippen molar-refractivity contribution >= 4 is 17.4 Å². The summed E-state index contributed by atoms with van der Waals surface area (Å²) in [4.78, 5) is 1.28. The van der Waals surface area contributed by atoms with Gasteiger partial charge in [-0.1, -0.05) is 31.9 Å². The predicted octanol–water partition coefficient (Wildman–Crippen LogP) is 4.25. The summed E-state index contributed by atoms with van der Waals surface area (Å²) in [6.07, 6.45) is 5.48. The number of nitrogens with two attached hydrogens (primary N) is 1. The Balaban J connectivity index is 2.05. The van der Waals surface area contributed by atoms with Gasteiger partial charge in [0.25, 0.3) is 0 Å². The molecule has 2 unspecified atom stereocenters. The number of aryl methyl sites for hydroxylation is 1. The fraction of sp³-hybridized carbons (Fsp3) is 0.571. The van der Waals surface area contributed by atoms with Gasteiger partial charge in [0.1, 0.15) is 0 Å². The van der Waals surface area contributed by atoms with Gasteiger partial charge >= 0.3 is 0 Å².